The second-order valence-electron chi connectivity index (χ2n) is 9.10. The molecule has 1 atom stereocenters. The number of methoxy groups -OCH3 is 1. The third-order valence-corrected chi connectivity index (χ3v) is 7.10. The van der Waals surface area contributed by atoms with Crippen LogP contribution >= 0.6 is 0 Å². The van der Waals surface area contributed by atoms with Crippen molar-refractivity contribution in [3.63, 3.8) is 0 Å². The van der Waals surface area contributed by atoms with E-state index in [9.17, 15) is 13.2 Å². The van der Waals surface area contributed by atoms with Gasteiger partial charge in [-0.25, -0.2) is 13.9 Å². The van der Waals surface area contributed by atoms with Gasteiger partial charge in [0, 0.05) is 6.54 Å². The second-order valence-corrected chi connectivity index (χ2v) is 11.0. The fourth-order valence-corrected chi connectivity index (χ4v) is 5.02. The van der Waals surface area contributed by atoms with Crippen molar-refractivity contribution in [2.75, 3.05) is 7.11 Å². The molecule has 1 N–H and O–H groups in total. The molecule has 8 heteroatoms. The van der Waals surface area contributed by atoms with Crippen molar-refractivity contribution < 1.29 is 22.8 Å². The molecule has 0 unspecified atom stereocenters. The summed E-state index contributed by atoms with van der Waals surface area (Å²) in [6, 6.07) is 23.6. The first-order valence-electron chi connectivity index (χ1n) is 11.3. The molecule has 186 valence electrons. The minimum Gasteiger partial charge on any atom is -0.497 e. The van der Waals surface area contributed by atoms with Crippen LogP contribution in [0, 0.1) is 0 Å². The summed E-state index contributed by atoms with van der Waals surface area (Å²) >= 11 is 0. The fourth-order valence-electron chi connectivity index (χ4n) is 3.44. The molecule has 0 radical (unpaired) electrons. The predicted octanol–water partition coefficient (Wildman–Crippen LogP) is 4.34. The van der Waals surface area contributed by atoms with Crippen LogP contribution in [0.1, 0.15) is 31.9 Å². The van der Waals surface area contributed by atoms with E-state index >= 15 is 0 Å². The van der Waals surface area contributed by atoms with Gasteiger partial charge in [-0.2, -0.15) is 4.31 Å². The Morgan fingerprint density at radius 2 is 1.43 bits per heavy atom. The second kappa shape index (κ2) is 11.5. The van der Waals surface area contributed by atoms with Crippen molar-refractivity contribution >= 4 is 15.9 Å². The van der Waals surface area contributed by atoms with Crippen LogP contribution in [-0.4, -0.2) is 37.4 Å². The molecule has 0 spiro atoms. The molecule has 3 aromatic carbocycles. The quantitative estimate of drug-likeness (QED) is 0.422. The van der Waals surface area contributed by atoms with Gasteiger partial charge in [0.25, 0.3) is 5.91 Å². The van der Waals surface area contributed by atoms with Gasteiger partial charge in [-0.05, 0) is 62.6 Å². The molecule has 3 aromatic rings. The van der Waals surface area contributed by atoms with Gasteiger partial charge in [0.15, 0.2) is 0 Å². The number of hydroxylamine groups is 1. The van der Waals surface area contributed by atoms with Crippen molar-refractivity contribution in [3.05, 3.63) is 96.1 Å². The lowest BCUT2D eigenvalue weighted by Gasteiger charge is -2.31. The lowest BCUT2D eigenvalue weighted by Crippen LogP contribution is -2.51. The van der Waals surface area contributed by atoms with Crippen LogP contribution in [0.3, 0.4) is 0 Å². The maximum Gasteiger partial charge on any atom is 0.262 e. The summed E-state index contributed by atoms with van der Waals surface area (Å²) in [6.07, 6.45) is 0.169. The van der Waals surface area contributed by atoms with E-state index in [1.807, 2.05) is 60.7 Å². The number of ether oxygens (including phenoxy) is 1. The van der Waals surface area contributed by atoms with E-state index in [1.165, 1.54) is 23.5 Å². The summed E-state index contributed by atoms with van der Waals surface area (Å²) in [5.41, 5.74) is 3.42. The number of hydrogen-bond donors (Lipinski definition) is 1. The number of nitrogens with zero attached hydrogens (tertiary/aromatic N) is 1. The summed E-state index contributed by atoms with van der Waals surface area (Å²) in [6.45, 7) is 5.41. The highest BCUT2D eigenvalue weighted by Gasteiger charge is 2.37. The van der Waals surface area contributed by atoms with Gasteiger partial charge in [-0.15, -0.1) is 0 Å². The fraction of sp³-hybridized carbons (Fsp3) is 0.296. The van der Waals surface area contributed by atoms with Crippen molar-refractivity contribution in [2.45, 2.75) is 50.3 Å². The molecule has 0 fully saturated rings. The molecule has 0 aliphatic heterocycles. The van der Waals surface area contributed by atoms with Crippen molar-refractivity contribution in [1.29, 1.82) is 0 Å². The van der Waals surface area contributed by atoms with Crippen LogP contribution in [0.25, 0.3) is 0 Å². The lowest BCUT2D eigenvalue weighted by atomic mass is 10.0. The molecule has 7 nitrogen and oxygen atoms in total. The Morgan fingerprint density at radius 1 is 0.886 bits per heavy atom. The highest BCUT2D eigenvalue weighted by Crippen LogP contribution is 2.25. The molecular formula is C27H32N2O5S. The largest absolute Gasteiger partial charge is 0.497 e. The maximum absolute atomic E-state index is 13.9. The van der Waals surface area contributed by atoms with E-state index in [0.29, 0.717) is 5.75 Å². The summed E-state index contributed by atoms with van der Waals surface area (Å²) < 4.78 is 34.3. The van der Waals surface area contributed by atoms with E-state index in [0.717, 1.165) is 11.1 Å². The molecule has 0 bridgehead atoms. The summed E-state index contributed by atoms with van der Waals surface area (Å²) in [4.78, 5) is 19.0. The Kier molecular flexibility index (Phi) is 8.67. The minimum atomic E-state index is -4.08. The SMILES string of the molecule is COc1ccc(S(=O)(=O)N(Cc2ccccc2)[C@H](Cc2ccccc2)C(=O)NOC(C)(C)C)cc1. The Labute approximate surface area is 207 Å². The average Bonchev–Trinajstić information content (AvgIpc) is 2.85. The Balaban J connectivity index is 2.07. The van der Waals surface area contributed by atoms with Crippen LogP contribution in [-0.2, 0) is 32.6 Å². The first-order valence-corrected chi connectivity index (χ1v) is 12.8. The first kappa shape index (κ1) is 26.4. The zero-order valence-corrected chi connectivity index (χ0v) is 21.3. The number of carbonyl (C=O) groups excluding carboxylic acids is 1. The van der Waals surface area contributed by atoms with Crippen LogP contribution in [0.5, 0.6) is 5.75 Å². The van der Waals surface area contributed by atoms with Crippen molar-refractivity contribution in [2.24, 2.45) is 0 Å². The van der Waals surface area contributed by atoms with Crippen LogP contribution < -0.4 is 10.2 Å². The summed E-state index contributed by atoms with van der Waals surface area (Å²) in [5, 5.41) is 0. The molecule has 0 saturated heterocycles. The van der Waals surface area contributed by atoms with E-state index in [-0.39, 0.29) is 17.9 Å². The number of amides is 1. The van der Waals surface area contributed by atoms with Crippen LogP contribution in [0.15, 0.2) is 89.8 Å². The molecule has 3 rings (SSSR count). The monoisotopic (exact) mass is 496 g/mol. The maximum atomic E-state index is 13.9. The summed E-state index contributed by atoms with van der Waals surface area (Å²) in [7, 11) is -2.57. The molecule has 0 aliphatic carbocycles. The molecule has 35 heavy (non-hydrogen) atoms. The minimum absolute atomic E-state index is 0.00956. The highest BCUT2D eigenvalue weighted by atomic mass is 32.2. The van der Waals surface area contributed by atoms with Gasteiger partial charge in [0.2, 0.25) is 10.0 Å². The van der Waals surface area contributed by atoms with Gasteiger partial charge in [-0.3, -0.25) is 9.63 Å². The first-order chi connectivity index (χ1) is 16.6. The van der Waals surface area contributed by atoms with E-state index in [2.05, 4.69) is 5.48 Å². The number of benzene rings is 3. The van der Waals surface area contributed by atoms with E-state index in [1.54, 1.807) is 32.9 Å². The number of rotatable bonds is 10. The average molecular weight is 497 g/mol. The topological polar surface area (TPSA) is 84.9 Å². The lowest BCUT2D eigenvalue weighted by molar-refractivity contribution is -0.149. The molecule has 0 aromatic heterocycles. The molecule has 0 aliphatic rings. The smallest absolute Gasteiger partial charge is 0.262 e. The third-order valence-electron chi connectivity index (χ3n) is 5.23. The van der Waals surface area contributed by atoms with Gasteiger partial charge in [0.05, 0.1) is 17.6 Å². The van der Waals surface area contributed by atoms with Crippen molar-refractivity contribution in [1.82, 2.24) is 9.79 Å². The molecule has 1 amide bonds. The highest BCUT2D eigenvalue weighted by molar-refractivity contribution is 7.89. The molecule has 0 heterocycles. The number of nitrogens with one attached hydrogen (secondary N) is 1. The molecule has 0 saturated carbocycles. The van der Waals surface area contributed by atoms with Crippen LogP contribution in [0.4, 0.5) is 0 Å². The standard InChI is InChI=1S/C27H32N2O5S/c1-27(2,3)34-28-26(30)25(19-21-11-7-5-8-12-21)29(20-22-13-9-6-10-14-22)35(31,32)24-17-15-23(33-4)16-18-24/h5-18,25H,19-20H2,1-4H3,(H,28,30)/t25-/m1/s1. The van der Waals surface area contributed by atoms with E-state index in [4.69, 9.17) is 9.57 Å². The summed E-state index contributed by atoms with van der Waals surface area (Å²) in [5.74, 6) is -0.00693. The number of hydrogen-bond acceptors (Lipinski definition) is 5. The number of carbonyl (C=O) groups is 1. The van der Waals surface area contributed by atoms with Gasteiger partial charge in [-0.1, -0.05) is 60.7 Å². The zero-order valence-electron chi connectivity index (χ0n) is 20.5. The normalized spacial score (nSPS) is 12.8. The van der Waals surface area contributed by atoms with Crippen molar-refractivity contribution in [3.8, 4) is 5.75 Å². The Bertz CT molecular complexity index is 1190. The van der Waals surface area contributed by atoms with Crippen LogP contribution in [0.2, 0.25) is 0 Å². The van der Waals surface area contributed by atoms with E-state index < -0.39 is 27.6 Å². The molecular weight excluding hydrogens is 464 g/mol. The third kappa shape index (κ3) is 7.39. The zero-order chi connectivity index (χ0) is 25.5. The number of sulfonamides is 1. The predicted molar refractivity (Wildman–Crippen MR) is 135 cm³/mol. The Morgan fingerprint density at radius 3 is 1.94 bits per heavy atom. The van der Waals surface area contributed by atoms with Gasteiger partial charge in [0.1, 0.15) is 11.8 Å². The van der Waals surface area contributed by atoms with Gasteiger partial charge < -0.3 is 4.74 Å². The van der Waals surface area contributed by atoms with Gasteiger partial charge >= 0.3 is 0 Å². The Hall–Kier alpha value is -3.20.